The standard InChI is InChI=1S/C13H16N4O3/c1-8-15-16-12(17(8)2)7-20-9-4-5-11(14)10(6-9)13(18)19-3/h4-6H,7,14H2,1-3H3. The number of hydrogen-bond donors (Lipinski definition) is 1. The first-order valence-electron chi connectivity index (χ1n) is 5.98. The van der Waals surface area contributed by atoms with Crippen molar-refractivity contribution in [3.8, 4) is 5.75 Å². The highest BCUT2D eigenvalue weighted by atomic mass is 16.5. The number of nitrogens with two attached hydrogens (primary N) is 1. The molecule has 1 aromatic heterocycles. The number of anilines is 1. The van der Waals surface area contributed by atoms with Crippen LogP contribution in [0.2, 0.25) is 0 Å². The average Bonchev–Trinajstić information content (AvgIpc) is 2.77. The van der Waals surface area contributed by atoms with Gasteiger partial charge >= 0.3 is 5.97 Å². The Morgan fingerprint density at radius 3 is 2.75 bits per heavy atom. The predicted molar refractivity (Wildman–Crippen MR) is 72.3 cm³/mol. The van der Waals surface area contributed by atoms with Crippen molar-refractivity contribution in [3.05, 3.63) is 35.4 Å². The Hall–Kier alpha value is -2.57. The zero-order valence-corrected chi connectivity index (χ0v) is 11.6. The fourth-order valence-electron chi connectivity index (χ4n) is 1.64. The molecule has 0 unspecified atom stereocenters. The predicted octanol–water partition coefficient (Wildman–Crippen LogP) is 1.07. The smallest absolute Gasteiger partial charge is 0.340 e. The number of ether oxygens (including phenoxy) is 2. The monoisotopic (exact) mass is 276 g/mol. The molecule has 0 aliphatic heterocycles. The number of nitrogens with zero attached hydrogens (tertiary/aromatic N) is 3. The third-order valence-electron chi connectivity index (χ3n) is 2.98. The van der Waals surface area contributed by atoms with E-state index >= 15 is 0 Å². The van der Waals surface area contributed by atoms with Gasteiger partial charge in [0.25, 0.3) is 0 Å². The Balaban J connectivity index is 2.14. The molecule has 7 nitrogen and oxygen atoms in total. The first-order chi connectivity index (χ1) is 9.52. The fraction of sp³-hybridized carbons (Fsp3) is 0.308. The molecule has 0 aliphatic rings. The van der Waals surface area contributed by atoms with Crippen LogP contribution in [0.1, 0.15) is 22.0 Å². The van der Waals surface area contributed by atoms with E-state index in [0.717, 1.165) is 5.82 Å². The van der Waals surface area contributed by atoms with Crippen LogP contribution in [0.3, 0.4) is 0 Å². The minimum Gasteiger partial charge on any atom is -0.486 e. The van der Waals surface area contributed by atoms with Crippen LogP contribution in [0.15, 0.2) is 18.2 Å². The Labute approximate surface area is 116 Å². The van der Waals surface area contributed by atoms with E-state index < -0.39 is 5.97 Å². The molecule has 20 heavy (non-hydrogen) atoms. The van der Waals surface area contributed by atoms with E-state index in [2.05, 4.69) is 14.9 Å². The molecular formula is C13H16N4O3. The molecule has 1 heterocycles. The van der Waals surface area contributed by atoms with Gasteiger partial charge in [0, 0.05) is 12.7 Å². The molecule has 2 N–H and O–H groups in total. The van der Waals surface area contributed by atoms with Crippen molar-refractivity contribution < 1.29 is 14.3 Å². The first kappa shape index (κ1) is 13.9. The number of carbonyl (C=O) groups excluding carboxylic acids is 1. The van der Waals surface area contributed by atoms with Crippen LogP contribution in [0.25, 0.3) is 0 Å². The Morgan fingerprint density at radius 1 is 1.40 bits per heavy atom. The van der Waals surface area contributed by atoms with Gasteiger partial charge in [-0.2, -0.15) is 0 Å². The average molecular weight is 276 g/mol. The van der Waals surface area contributed by atoms with Crippen LogP contribution >= 0.6 is 0 Å². The molecular weight excluding hydrogens is 260 g/mol. The number of nitrogen functional groups attached to an aromatic ring is 1. The number of esters is 1. The van der Waals surface area contributed by atoms with Crippen LogP contribution in [0.4, 0.5) is 5.69 Å². The van der Waals surface area contributed by atoms with Gasteiger partial charge in [-0.25, -0.2) is 4.79 Å². The van der Waals surface area contributed by atoms with Gasteiger partial charge in [0.2, 0.25) is 0 Å². The highest BCUT2D eigenvalue weighted by molar-refractivity contribution is 5.95. The third-order valence-corrected chi connectivity index (χ3v) is 2.98. The van der Waals surface area contributed by atoms with E-state index in [1.54, 1.807) is 18.2 Å². The molecule has 7 heteroatoms. The molecule has 0 aliphatic carbocycles. The molecule has 106 valence electrons. The van der Waals surface area contributed by atoms with Crippen molar-refractivity contribution in [2.45, 2.75) is 13.5 Å². The number of hydrogen-bond acceptors (Lipinski definition) is 6. The van der Waals surface area contributed by atoms with Crippen LogP contribution in [0, 0.1) is 6.92 Å². The van der Waals surface area contributed by atoms with E-state index in [0.29, 0.717) is 17.3 Å². The first-order valence-corrected chi connectivity index (χ1v) is 5.98. The second-order valence-corrected chi connectivity index (χ2v) is 4.25. The maximum absolute atomic E-state index is 11.5. The highest BCUT2D eigenvalue weighted by Gasteiger charge is 2.12. The largest absolute Gasteiger partial charge is 0.486 e. The minimum atomic E-state index is -0.498. The number of carbonyl (C=O) groups is 1. The summed E-state index contributed by atoms with van der Waals surface area (Å²) < 4.78 is 12.1. The van der Waals surface area contributed by atoms with E-state index in [1.807, 2.05) is 18.5 Å². The molecule has 0 atom stereocenters. The normalized spacial score (nSPS) is 10.3. The van der Waals surface area contributed by atoms with Crippen LogP contribution in [0.5, 0.6) is 5.75 Å². The molecule has 0 fully saturated rings. The van der Waals surface area contributed by atoms with Gasteiger partial charge in [-0.05, 0) is 25.1 Å². The summed E-state index contributed by atoms with van der Waals surface area (Å²) in [6.07, 6.45) is 0. The van der Waals surface area contributed by atoms with E-state index in [1.165, 1.54) is 7.11 Å². The topological polar surface area (TPSA) is 92.3 Å². The van der Waals surface area contributed by atoms with Gasteiger partial charge < -0.3 is 19.8 Å². The lowest BCUT2D eigenvalue weighted by Gasteiger charge is -2.09. The number of methoxy groups -OCH3 is 1. The third kappa shape index (κ3) is 2.71. The SMILES string of the molecule is COC(=O)c1cc(OCc2nnc(C)n2C)ccc1N. The summed E-state index contributed by atoms with van der Waals surface area (Å²) in [7, 11) is 3.16. The molecule has 0 saturated heterocycles. The number of aryl methyl sites for hydroxylation is 1. The quantitative estimate of drug-likeness (QED) is 0.663. The zero-order chi connectivity index (χ0) is 14.7. The summed E-state index contributed by atoms with van der Waals surface area (Å²) in [4.78, 5) is 11.5. The van der Waals surface area contributed by atoms with Gasteiger partial charge in [-0.1, -0.05) is 0 Å². The van der Waals surface area contributed by atoms with Gasteiger partial charge in [0.1, 0.15) is 18.2 Å². The number of aromatic nitrogens is 3. The second-order valence-electron chi connectivity index (χ2n) is 4.25. The molecule has 2 rings (SSSR count). The summed E-state index contributed by atoms with van der Waals surface area (Å²) in [5.41, 5.74) is 6.34. The minimum absolute atomic E-state index is 0.252. The maximum atomic E-state index is 11.5. The van der Waals surface area contributed by atoms with Gasteiger partial charge in [-0.15, -0.1) is 10.2 Å². The van der Waals surface area contributed by atoms with Gasteiger partial charge in [-0.3, -0.25) is 0 Å². The lowest BCUT2D eigenvalue weighted by molar-refractivity contribution is 0.0601. The van der Waals surface area contributed by atoms with Crippen LogP contribution < -0.4 is 10.5 Å². The Kier molecular flexibility index (Phi) is 3.88. The lowest BCUT2D eigenvalue weighted by Crippen LogP contribution is -2.07. The van der Waals surface area contributed by atoms with Crippen LogP contribution in [-0.2, 0) is 18.4 Å². The maximum Gasteiger partial charge on any atom is 0.340 e. The van der Waals surface area contributed by atoms with Crippen molar-refractivity contribution >= 4 is 11.7 Å². The molecule has 2 aromatic rings. The van der Waals surface area contributed by atoms with Crippen molar-refractivity contribution in [1.82, 2.24) is 14.8 Å². The van der Waals surface area contributed by atoms with Crippen molar-refractivity contribution in [3.63, 3.8) is 0 Å². The van der Waals surface area contributed by atoms with Gasteiger partial charge in [0.05, 0.1) is 12.7 Å². The highest BCUT2D eigenvalue weighted by Crippen LogP contribution is 2.21. The molecule has 0 spiro atoms. The van der Waals surface area contributed by atoms with E-state index in [4.69, 9.17) is 10.5 Å². The summed E-state index contributed by atoms with van der Waals surface area (Å²) in [5, 5.41) is 7.93. The van der Waals surface area contributed by atoms with Crippen LogP contribution in [-0.4, -0.2) is 27.8 Å². The van der Waals surface area contributed by atoms with Crippen molar-refractivity contribution in [1.29, 1.82) is 0 Å². The lowest BCUT2D eigenvalue weighted by atomic mass is 10.2. The fourth-order valence-corrected chi connectivity index (χ4v) is 1.64. The summed E-state index contributed by atoms with van der Waals surface area (Å²) in [6, 6.07) is 4.83. The Morgan fingerprint density at radius 2 is 2.15 bits per heavy atom. The van der Waals surface area contributed by atoms with Crippen molar-refractivity contribution in [2.75, 3.05) is 12.8 Å². The summed E-state index contributed by atoms with van der Waals surface area (Å²) >= 11 is 0. The molecule has 0 saturated carbocycles. The molecule has 1 aromatic carbocycles. The zero-order valence-electron chi connectivity index (χ0n) is 11.6. The van der Waals surface area contributed by atoms with E-state index in [9.17, 15) is 4.79 Å². The molecule has 0 radical (unpaired) electrons. The molecule has 0 amide bonds. The summed E-state index contributed by atoms with van der Waals surface area (Å²) in [6.45, 7) is 2.11. The second kappa shape index (κ2) is 5.60. The van der Waals surface area contributed by atoms with Crippen molar-refractivity contribution in [2.24, 2.45) is 7.05 Å². The number of rotatable bonds is 4. The number of benzene rings is 1. The molecule has 0 bridgehead atoms. The van der Waals surface area contributed by atoms with Gasteiger partial charge in [0.15, 0.2) is 5.82 Å². The summed E-state index contributed by atoms with van der Waals surface area (Å²) in [5.74, 6) is 1.51. The Bertz CT molecular complexity index is 637. The van der Waals surface area contributed by atoms with E-state index in [-0.39, 0.29) is 12.2 Å².